The van der Waals surface area contributed by atoms with Crippen LogP contribution in [-0.4, -0.2) is 65.9 Å². The standard InChI is InChI=1S/C11HF21O3S/c12-1(2(13)4(16,17)6(20,21)10(28,29)30)3(14,15)5(18,19)7(22,23)8(24,25)9(26,27)11(31,32)36(33,34)35/h(H,33,34,35). The number of halogens is 21. The van der Waals surface area contributed by atoms with Crippen molar-refractivity contribution < 1.29 is 105 Å². The summed E-state index contributed by atoms with van der Waals surface area (Å²) in [5.74, 6) is -71.6. The van der Waals surface area contributed by atoms with Crippen LogP contribution in [0.2, 0.25) is 0 Å². The molecule has 0 aromatic heterocycles. The quantitative estimate of drug-likeness (QED) is 0.235. The first-order valence-corrected chi connectivity index (χ1v) is 8.63. The zero-order valence-corrected chi connectivity index (χ0v) is 15.9. The van der Waals surface area contributed by atoms with Gasteiger partial charge >= 0.3 is 63.0 Å². The van der Waals surface area contributed by atoms with E-state index in [9.17, 15) is 101 Å². The third kappa shape index (κ3) is 4.21. The predicted molar refractivity (Wildman–Crippen MR) is 66.4 cm³/mol. The van der Waals surface area contributed by atoms with Gasteiger partial charge in [-0.25, -0.2) is 8.78 Å². The zero-order chi connectivity index (χ0) is 30.2. The second-order valence-corrected chi connectivity index (χ2v) is 7.60. The van der Waals surface area contributed by atoms with Gasteiger partial charge in [-0.3, -0.25) is 4.55 Å². The highest BCUT2D eigenvalue weighted by Crippen LogP contribution is 2.63. The Morgan fingerprint density at radius 1 is 0.444 bits per heavy atom. The third-order valence-corrected chi connectivity index (χ3v) is 4.67. The van der Waals surface area contributed by atoms with Crippen molar-refractivity contribution in [2.24, 2.45) is 0 Å². The van der Waals surface area contributed by atoms with E-state index in [-0.39, 0.29) is 0 Å². The van der Waals surface area contributed by atoms with E-state index in [0.717, 1.165) is 0 Å². The van der Waals surface area contributed by atoms with Crippen LogP contribution in [0.4, 0.5) is 92.2 Å². The van der Waals surface area contributed by atoms with Crippen LogP contribution < -0.4 is 0 Å². The lowest BCUT2D eigenvalue weighted by atomic mass is 9.92. The Morgan fingerprint density at radius 3 is 0.944 bits per heavy atom. The van der Waals surface area contributed by atoms with Gasteiger partial charge in [0.2, 0.25) is 11.7 Å². The van der Waals surface area contributed by atoms with Crippen LogP contribution >= 0.6 is 0 Å². The Bertz CT molecular complexity index is 987. The topological polar surface area (TPSA) is 54.4 Å². The molecule has 0 saturated carbocycles. The van der Waals surface area contributed by atoms with E-state index >= 15 is 0 Å². The number of rotatable bonds is 9. The van der Waals surface area contributed by atoms with Gasteiger partial charge in [-0.15, -0.1) is 0 Å². The molecule has 0 aliphatic heterocycles. The Morgan fingerprint density at radius 2 is 0.694 bits per heavy atom. The van der Waals surface area contributed by atoms with Crippen molar-refractivity contribution in [2.45, 2.75) is 52.9 Å². The smallest absolute Gasteiger partial charge is 0.281 e. The van der Waals surface area contributed by atoms with Gasteiger partial charge in [0.1, 0.15) is 0 Å². The molecule has 0 rings (SSSR count). The summed E-state index contributed by atoms with van der Waals surface area (Å²) < 4.78 is 299. The minimum atomic E-state index is -9.03. The zero-order valence-electron chi connectivity index (χ0n) is 15.1. The van der Waals surface area contributed by atoms with E-state index in [2.05, 4.69) is 0 Å². The molecule has 0 radical (unpaired) electrons. The summed E-state index contributed by atoms with van der Waals surface area (Å²) in [6, 6.07) is 0. The van der Waals surface area contributed by atoms with Crippen molar-refractivity contribution in [3.8, 4) is 0 Å². The van der Waals surface area contributed by atoms with Gasteiger partial charge in [-0.2, -0.15) is 91.8 Å². The Hall–Kier alpha value is -1.82. The van der Waals surface area contributed by atoms with Crippen molar-refractivity contribution in [1.82, 2.24) is 0 Å². The molecule has 0 fully saturated rings. The molecule has 25 heteroatoms. The fraction of sp³-hybridized carbons (Fsp3) is 0.818. The largest absolute Gasteiger partial charge is 0.460 e. The van der Waals surface area contributed by atoms with E-state index in [1.807, 2.05) is 0 Å². The molecule has 3 nitrogen and oxygen atoms in total. The summed E-state index contributed by atoms with van der Waals surface area (Å²) in [7, 11) is -8.03. The van der Waals surface area contributed by atoms with Gasteiger partial charge in [0.05, 0.1) is 0 Å². The Labute approximate surface area is 181 Å². The fourth-order valence-corrected chi connectivity index (χ4v) is 2.12. The number of alkyl halides is 19. The van der Waals surface area contributed by atoms with Crippen LogP contribution in [0.3, 0.4) is 0 Å². The van der Waals surface area contributed by atoms with Gasteiger partial charge < -0.3 is 0 Å². The molecule has 36 heavy (non-hydrogen) atoms. The van der Waals surface area contributed by atoms with Crippen LogP contribution in [-0.2, 0) is 10.1 Å². The SMILES string of the molecule is O=S(=O)(O)C(F)(F)C(F)(F)C(F)(F)C(F)(F)C(F)(F)C(F)(F)C(F)=C(F)C(F)(F)C(F)(F)C(F)(F)F. The summed E-state index contributed by atoms with van der Waals surface area (Å²) in [5.41, 5.74) is 0. The molecule has 0 bridgehead atoms. The molecule has 0 saturated heterocycles. The molecular weight excluding hydrogens is 611 g/mol. The van der Waals surface area contributed by atoms with Crippen LogP contribution in [0.25, 0.3) is 0 Å². The van der Waals surface area contributed by atoms with Gasteiger partial charge in [0, 0.05) is 0 Å². The molecule has 0 aliphatic carbocycles. The number of allylic oxidation sites excluding steroid dienone is 2. The summed E-state index contributed by atoms with van der Waals surface area (Å²) in [6.07, 6.45) is -7.74. The lowest BCUT2D eigenvalue weighted by molar-refractivity contribution is -0.414. The average Bonchev–Trinajstić information content (AvgIpc) is 2.63. The number of hydrogen-bond acceptors (Lipinski definition) is 2. The molecule has 0 unspecified atom stereocenters. The molecule has 0 atom stereocenters. The summed E-state index contributed by atoms with van der Waals surface area (Å²) in [6.45, 7) is 0. The van der Waals surface area contributed by atoms with E-state index in [0.29, 0.717) is 0 Å². The van der Waals surface area contributed by atoms with Crippen LogP contribution in [0.1, 0.15) is 0 Å². The van der Waals surface area contributed by atoms with E-state index in [4.69, 9.17) is 4.55 Å². The van der Waals surface area contributed by atoms with Gasteiger partial charge in [-0.1, -0.05) is 0 Å². The summed E-state index contributed by atoms with van der Waals surface area (Å²) >= 11 is 0. The van der Waals surface area contributed by atoms with E-state index in [1.54, 1.807) is 0 Å². The summed E-state index contributed by atoms with van der Waals surface area (Å²) in [5, 5.41) is -7.97. The number of hydrogen-bond donors (Lipinski definition) is 1. The molecular formula is C11HF21O3S. The van der Waals surface area contributed by atoms with E-state index in [1.165, 1.54) is 0 Å². The minimum Gasteiger partial charge on any atom is -0.281 e. The second kappa shape index (κ2) is 8.34. The molecule has 0 heterocycles. The average molecular weight is 612 g/mol. The Balaban J connectivity index is 7.19. The highest BCUT2D eigenvalue weighted by atomic mass is 32.2. The van der Waals surface area contributed by atoms with Crippen molar-refractivity contribution in [1.29, 1.82) is 0 Å². The highest BCUT2D eigenvalue weighted by molar-refractivity contribution is 7.87. The first-order chi connectivity index (χ1) is 15.1. The normalized spacial score (nSPS) is 17.3. The van der Waals surface area contributed by atoms with Gasteiger partial charge in [0.15, 0.2) is 0 Å². The van der Waals surface area contributed by atoms with Crippen LogP contribution in [0.15, 0.2) is 11.7 Å². The molecule has 1 N–H and O–H groups in total. The van der Waals surface area contributed by atoms with Crippen molar-refractivity contribution in [2.75, 3.05) is 0 Å². The maximum atomic E-state index is 13.4. The third-order valence-electron chi connectivity index (χ3n) is 3.76. The van der Waals surface area contributed by atoms with E-state index < -0.39 is 74.7 Å². The van der Waals surface area contributed by atoms with Crippen molar-refractivity contribution in [3.05, 3.63) is 11.7 Å². The molecule has 0 aliphatic rings. The summed E-state index contributed by atoms with van der Waals surface area (Å²) in [4.78, 5) is 0. The maximum Gasteiger partial charge on any atom is 0.460 e. The second-order valence-electron chi connectivity index (χ2n) is 6.14. The molecule has 216 valence electrons. The van der Waals surface area contributed by atoms with Crippen molar-refractivity contribution in [3.63, 3.8) is 0 Å². The van der Waals surface area contributed by atoms with Crippen molar-refractivity contribution >= 4 is 10.1 Å². The highest BCUT2D eigenvalue weighted by Gasteiger charge is 2.93. The van der Waals surface area contributed by atoms with Crippen LogP contribution in [0.5, 0.6) is 0 Å². The predicted octanol–water partition coefficient (Wildman–Crippen LogP) is 6.63. The lowest BCUT2D eigenvalue weighted by Crippen LogP contribution is -2.71. The molecule has 0 aromatic carbocycles. The minimum absolute atomic E-state index is 5.69. The first kappa shape index (κ1) is 34.2. The monoisotopic (exact) mass is 612 g/mol. The fourth-order valence-electron chi connectivity index (χ4n) is 1.67. The van der Waals surface area contributed by atoms with Crippen LogP contribution in [0, 0.1) is 0 Å². The molecule has 0 spiro atoms. The van der Waals surface area contributed by atoms with Gasteiger partial charge in [-0.05, 0) is 0 Å². The molecule has 0 aromatic rings. The lowest BCUT2D eigenvalue weighted by Gasteiger charge is -2.40. The Kier molecular flexibility index (Phi) is 7.92. The maximum absolute atomic E-state index is 13.4. The molecule has 0 amide bonds. The first-order valence-electron chi connectivity index (χ1n) is 7.19. The van der Waals surface area contributed by atoms with Gasteiger partial charge in [0.25, 0.3) is 0 Å².